The van der Waals surface area contributed by atoms with Gasteiger partial charge in [0.25, 0.3) is 5.08 Å². The smallest absolute Gasteiger partial charge is 0.366 e. The zero-order chi connectivity index (χ0) is 13.5. The molecule has 0 aliphatic carbocycles. The highest BCUT2D eigenvalue weighted by Crippen LogP contribution is 2.68. The van der Waals surface area contributed by atoms with Gasteiger partial charge in [0.05, 0.1) is 12.9 Å². The summed E-state index contributed by atoms with van der Waals surface area (Å²) in [7, 11) is -10.9. The van der Waals surface area contributed by atoms with Crippen LogP contribution in [0.4, 0.5) is 0 Å². The number of aryl methyl sites for hydroxylation is 1. The fourth-order valence-corrected chi connectivity index (χ4v) is 3.17. The Kier molecular flexibility index (Phi) is 3.67. The van der Waals surface area contributed by atoms with Gasteiger partial charge < -0.3 is 29.2 Å². The van der Waals surface area contributed by atoms with Gasteiger partial charge in [-0.3, -0.25) is 9.13 Å². The summed E-state index contributed by atoms with van der Waals surface area (Å²) in [5.74, 6) is 0. The van der Waals surface area contributed by atoms with Crippen molar-refractivity contribution < 1.29 is 33.8 Å². The minimum Gasteiger partial charge on any atom is -0.366 e. The Morgan fingerprint density at radius 1 is 1.29 bits per heavy atom. The molecule has 1 rings (SSSR count). The number of imidazole rings is 1. The van der Waals surface area contributed by atoms with E-state index >= 15 is 0 Å². The molecule has 9 nitrogen and oxygen atoms in total. The van der Waals surface area contributed by atoms with Crippen molar-refractivity contribution >= 4 is 15.2 Å². The average molecular weight is 286 g/mol. The van der Waals surface area contributed by atoms with Crippen LogP contribution in [0.3, 0.4) is 0 Å². The lowest BCUT2D eigenvalue weighted by atomic mass is 10.5. The van der Waals surface area contributed by atoms with Crippen LogP contribution in [-0.2, 0) is 15.7 Å². The molecule has 0 saturated carbocycles. The van der Waals surface area contributed by atoms with Crippen LogP contribution in [0, 0.1) is 6.92 Å². The number of rotatable bonds is 4. The largest absolute Gasteiger partial charge is 0.371 e. The fraction of sp³-hybridized carbons (Fsp3) is 0.500. The molecular formula is C6H12N2O7P2. The van der Waals surface area contributed by atoms with Crippen LogP contribution in [0.1, 0.15) is 5.69 Å². The molecule has 0 bridgehead atoms. The number of hydrogen-bond donors (Lipinski definition) is 5. The molecule has 0 saturated heterocycles. The molecule has 0 aliphatic heterocycles. The molecule has 1 heterocycles. The first-order valence-corrected chi connectivity index (χ1v) is 7.52. The van der Waals surface area contributed by atoms with Gasteiger partial charge in [-0.15, -0.1) is 0 Å². The highest BCUT2D eigenvalue weighted by Gasteiger charge is 2.59. The van der Waals surface area contributed by atoms with E-state index in [1.165, 1.54) is 13.1 Å². The predicted octanol–water partition coefficient (Wildman–Crippen LogP) is -0.807. The molecule has 0 radical (unpaired) electrons. The van der Waals surface area contributed by atoms with Crippen LogP contribution in [0.2, 0.25) is 0 Å². The highest BCUT2D eigenvalue weighted by atomic mass is 31.2. The molecule has 0 amide bonds. The van der Waals surface area contributed by atoms with E-state index in [1.54, 1.807) is 0 Å². The molecule has 1 aromatic heterocycles. The van der Waals surface area contributed by atoms with E-state index in [-0.39, 0.29) is 0 Å². The molecule has 0 fully saturated rings. The van der Waals surface area contributed by atoms with E-state index in [2.05, 4.69) is 4.98 Å². The lowest BCUT2D eigenvalue weighted by Gasteiger charge is -2.29. The molecule has 0 aromatic carbocycles. The van der Waals surface area contributed by atoms with Gasteiger partial charge in [0.2, 0.25) is 0 Å². The molecule has 0 aliphatic rings. The van der Waals surface area contributed by atoms with Gasteiger partial charge in [-0.1, -0.05) is 0 Å². The predicted molar refractivity (Wildman–Crippen MR) is 56.0 cm³/mol. The second-order valence-electron chi connectivity index (χ2n) is 3.53. The summed E-state index contributed by atoms with van der Waals surface area (Å²) in [6, 6.07) is 0. The van der Waals surface area contributed by atoms with Gasteiger partial charge in [-0.25, -0.2) is 4.98 Å². The molecule has 1 aromatic rings. The van der Waals surface area contributed by atoms with Gasteiger partial charge in [-0.05, 0) is 6.92 Å². The normalized spacial score (nSPS) is 14.0. The van der Waals surface area contributed by atoms with Crippen LogP contribution in [0.25, 0.3) is 0 Å². The number of aliphatic hydroxyl groups is 1. The van der Waals surface area contributed by atoms with Crippen molar-refractivity contribution in [3.05, 3.63) is 18.2 Å². The van der Waals surface area contributed by atoms with E-state index < -0.39 is 26.8 Å². The third kappa shape index (κ3) is 2.66. The SMILES string of the molecule is Cc1cncn1CC(O)(P(=O)(O)O)P(=O)(O)O. The fourth-order valence-electron chi connectivity index (χ4n) is 1.13. The summed E-state index contributed by atoms with van der Waals surface area (Å²) in [4.78, 5) is 39.2. The van der Waals surface area contributed by atoms with Crippen LogP contribution in [-0.4, -0.2) is 39.3 Å². The minimum absolute atomic E-state index is 0.394. The van der Waals surface area contributed by atoms with Crippen LogP contribution < -0.4 is 0 Å². The monoisotopic (exact) mass is 286 g/mol. The van der Waals surface area contributed by atoms with Crippen molar-refractivity contribution in [1.29, 1.82) is 0 Å². The van der Waals surface area contributed by atoms with Gasteiger partial charge in [0, 0.05) is 11.9 Å². The zero-order valence-electron chi connectivity index (χ0n) is 8.70. The van der Waals surface area contributed by atoms with Crippen molar-refractivity contribution in [3.8, 4) is 0 Å². The van der Waals surface area contributed by atoms with E-state index in [0.29, 0.717) is 5.69 Å². The van der Waals surface area contributed by atoms with Crippen LogP contribution >= 0.6 is 15.2 Å². The lowest BCUT2D eigenvalue weighted by molar-refractivity contribution is 0.114. The third-order valence-electron chi connectivity index (χ3n) is 2.24. The first-order valence-electron chi connectivity index (χ1n) is 4.29. The zero-order valence-corrected chi connectivity index (χ0v) is 10.5. The maximum absolute atomic E-state index is 11.1. The topological polar surface area (TPSA) is 153 Å². The summed E-state index contributed by atoms with van der Waals surface area (Å²) in [6.45, 7) is 0.556. The van der Waals surface area contributed by atoms with E-state index in [0.717, 1.165) is 10.9 Å². The summed E-state index contributed by atoms with van der Waals surface area (Å²) in [6.07, 6.45) is 2.42. The minimum atomic E-state index is -5.43. The van der Waals surface area contributed by atoms with Crippen LogP contribution in [0.5, 0.6) is 0 Å². The Hall–Kier alpha value is -0.530. The molecule has 11 heteroatoms. The van der Waals surface area contributed by atoms with Gasteiger partial charge in [0.1, 0.15) is 0 Å². The van der Waals surface area contributed by atoms with Gasteiger partial charge in [0.15, 0.2) is 0 Å². The van der Waals surface area contributed by atoms with E-state index in [9.17, 15) is 14.2 Å². The summed E-state index contributed by atoms with van der Waals surface area (Å²) >= 11 is 0. The number of hydrogen-bond acceptors (Lipinski definition) is 4. The van der Waals surface area contributed by atoms with E-state index in [1.807, 2.05) is 0 Å². The molecule has 0 atom stereocenters. The quantitative estimate of drug-likeness (QED) is 0.450. The van der Waals surface area contributed by atoms with Gasteiger partial charge in [-0.2, -0.15) is 0 Å². The maximum Gasteiger partial charge on any atom is 0.371 e. The van der Waals surface area contributed by atoms with Crippen molar-refractivity contribution in [2.24, 2.45) is 0 Å². The standard InChI is InChI=1S/C6H12N2O7P2/c1-5-2-7-4-8(5)3-6(9,16(10,11)12)17(13,14)15/h2,4,9H,3H2,1H3,(H2,10,11,12)(H2,13,14,15). The Morgan fingerprint density at radius 3 is 2.06 bits per heavy atom. The Labute approximate surface area is 96.1 Å². The van der Waals surface area contributed by atoms with Crippen molar-refractivity contribution in [2.45, 2.75) is 18.6 Å². The first-order chi connectivity index (χ1) is 7.49. The van der Waals surface area contributed by atoms with E-state index in [4.69, 9.17) is 19.6 Å². The van der Waals surface area contributed by atoms with Crippen molar-refractivity contribution in [3.63, 3.8) is 0 Å². The molecular weight excluding hydrogens is 274 g/mol. The summed E-state index contributed by atoms with van der Waals surface area (Å²) < 4.78 is 23.2. The molecule has 98 valence electrons. The number of nitrogens with zero attached hydrogens (tertiary/aromatic N) is 2. The molecule has 17 heavy (non-hydrogen) atoms. The number of aromatic nitrogens is 2. The lowest BCUT2D eigenvalue weighted by Crippen LogP contribution is -2.34. The summed E-state index contributed by atoms with van der Waals surface area (Å²) in [5, 5.41) is 6.15. The first kappa shape index (κ1) is 14.5. The second kappa shape index (κ2) is 4.29. The average Bonchev–Trinajstić information content (AvgIpc) is 2.47. The second-order valence-corrected chi connectivity index (χ2v) is 7.53. The Balaban J connectivity index is 3.25. The maximum atomic E-state index is 11.1. The van der Waals surface area contributed by atoms with Crippen molar-refractivity contribution in [1.82, 2.24) is 9.55 Å². The summed E-state index contributed by atoms with van der Waals surface area (Å²) in [5.41, 5.74) is 0.394. The van der Waals surface area contributed by atoms with Crippen molar-refractivity contribution in [2.75, 3.05) is 0 Å². The molecule has 0 spiro atoms. The molecule has 0 unspecified atom stereocenters. The van der Waals surface area contributed by atoms with Crippen LogP contribution in [0.15, 0.2) is 12.5 Å². The third-order valence-corrected chi connectivity index (χ3v) is 5.95. The Morgan fingerprint density at radius 2 is 1.76 bits per heavy atom. The Bertz CT molecular complexity index is 478. The highest BCUT2D eigenvalue weighted by molar-refractivity contribution is 7.72. The molecule has 5 N–H and O–H groups in total. The van der Waals surface area contributed by atoms with Gasteiger partial charge >= 0.3 is 15.2 Å².